The fourth-order valence-electron chi connectivity index (χ4n) is 16.0. The molecule has 0 N–H and O–H groups in total. The Morgan fingerprint density at radius 2 is 0.692 bits per heavy atom. The van der Waals surface area contributed by atoms with Crippen LogP contribution in [0.2, 0.25) is 0 Å². The lowest BCUT2D eigenvalue weighted by Gasteiger charge is -2.46. The molecule has 12 aliphatic rings. The molecule has 12 saturated carbocycles. The first-order valence-electron chi connectivity index (χ1n) is 11.1. The second-order valence-corrected chi connectivity index (χ2v) is 12.4. The predicted molar refractivity (Wildman–Crippen MR) is 83.0 cm³/mol. The summed E-state index contributed by atoms with van der Waals surface area (Å²) < 4.78 is 47.6. The minimum Gasteiger partial charge on any atom is -0.374 e. The molecule has 0 aliphatic heterocycles. The molecule has 0 saturated heterocycles. The minimum absolute atomic E-state index is 0.129. The average Bonchev–Trinajstić information content (AvgIpc) is 3.36. The van der Waals surface area contributed by atoms with E-state index in [9.17, 15) is 0 Å². The lowest BCUT2D eigenvalue weighted by molar-refractivity contribution is -0.180. The smallest absolute Gasteiger partial charge is 0.147 e. The third kappa shape index (κ3) is 0.536. The monoisotopic (exact) mass is 356 g/mol. The van der Waals surface area contributed by atoms with Crippen molar-refractivity contribution in [3.63, 3.8) is 0 Å². The van der Waals surface area contributed by atoms with Crippen molar-refractivity contribution in [1.29, 1.82) is 0 Å². The van der Waals surface area contributed by atoms with Gasteiger partial charge in [0.2, 0.25) is 0 Å². The Kier molecular flexibility index (Phi) is 1.22. The van der Waals surface area contributed by atoms with Crippen LogP contribution < -0.4 is 0 Å². The summed E-state index contributed by atoms with van der Waals surface area (Å²) in [5.74, 6) is 5.34. The minimum atomic E-state index is -1.11. The molecule has 8 unspecified atom stereocenters. The van der Waals surface area contributed by atoms with Gasteiger partial charge in [-0.05, 0) is 71.0 Å². The normalized spacial score (nSPS) is 97.4. The van der Waals surface area contributed by atoms with Gasteiger partial charge in [-0.25, -0.2) is 8.78 Å². The Morgan fingerprint density at radius 1 is 0.462 bits per heavy atom. The zero-order valence-corrected chi connectivity index (χ0v) is 14.8. The molecule has 12 aliphatic carbocycles. The van der Waals surface area contributed by atoms with Crippen LogP contribution in [0.5, 0.6) is 0 Å². The molecule has 0 aromatic rings. The van der Waals surface area contributed by atoms with E-state index in [0.717, 1.165) is 0 Å². The van der Waals surface area contributed by atoms with Crippen molar-refractivity contribution >= 4 is 0 Å². The maximum atomic E-state index is 17.4. The van der Waals surface area contributed by atoms with E-state index in [1.54, 1.807) is 0 Å². The standard InChI is InChI=1S/C22H22F2O2/c1-25-21-15-5-7-13-3-4-12(19(21,23)11(3)5)6-8-14(4)20(13,24)22(26-2)17(7)9(15)10(16(6)21)18(8)22/h3-18H,1-2H3/t3?,4?,5-,6+,7+,8-,9?,10?,11+,12-,13-,14+,15+,16-,17-,18+,19?,20?,21?,22?. The molecule has 0 bridgehead atoms. The number of rotatable bonds is 2. The highest BCUT2D eigenvalue weighted by Crippen LogP contribution is 3.05. The van der Waals surface area contributed by atoms with Gasteiger partial charge in [0.05, 0.1) is 0 Å². The van der Waals surface area contributed by atoms with Crippen molar-refractivity contribution in [2.24, 2.45) is 94.7 Å². The van der Waals surface area contributed by atoms with Crippen LogP contribution in [0, 0.1) is 94.7 Å². The summed E-state index contributed by atoms with van der Waals surface area (Å²) in [6.07, 6.45) is 0. The quantitative estimate of drug-likeness (QED) is 0.755. The third-order valence-electron chi connectivity index (χ3n) is 14.2. The Hall–Kier alpha value is -0.220. The molecular weight excluding hydrogens is 334 g/mol. The van der Waals surface area contributed by atoms with E-state index < -0.39 is 22.5 Å². The van der Waals surface area contributed by atoms with Gasteiger partial charge in [-0.2, -0.15) is 0 Å². The maximum Gasteiger partial charge on any atom is 0.147 e. The van der Waals surface area contributed by atoms with Gasteiger partial charge < -0.3 is 9.47 Å². The molecule has 0 radical (unpaired) electrons. The van der Waals surface area contributed by atoms with Crippen LogP contribution in [0.4, 0.5) is 8.78 Å². The van der Waals surface area contributed by atoms with E-state index in [-0.39, 0.29) is 23.7 Å². The average molecular weight is 356 g/mol. The molecular formula is C22H22F2O2. The van der Waals surface area contributed by atoms with E-state index in [1.165, 1.54) is 0 Å². The van der Waals surface area contributed by atoms with Gasteiger partial charge in [0.25, 0.3) is 0 Å². The SMILES string of the molecule is COC12[C@@H]3C4C5[C@@H]6[C@@H]7[C@@H]([C@H]8C9C%10[C@@H]%11[C@H]([C@@H]3[C@H]%10C81F)[C@H]4C6(OC)C%11(F)[C@@H]97)[C@H]52. The zero-order valence-electron chi connectivity index (χ0n) is 14.8. The molecule has 12 rings (SSSR count). The topological polar surface area (TPSA) is 18.5 Å². The summed E-state index contributed by atoms with van der Waals surface area (Å²) in [5, 5.41) is 0. The van der Waals surface area contributed by atoms with E-state index in [2.05, 4.69) is 0 Å². The highest BCUT2D eigenvalue weighted by molar-refractivity contribution is 5.58. The lowest BCUT2D eigenvalue weighted by Crippen LogP contribution is -2.59. The largest absolute Gasteiger partial charge is 0.374 e. The second-order valence-electron chi connectivity index (χ2n) is 12.4. The Morgan fingerprint density at radius 3 is 0.962 bits per heavy atom. The van der Waals surface area contributed by atoms with Gasteiger partial charge >= 0.3 is 0 Å². The number of methoxy groups -OCH3 is 2. The Balaban J connectivity index is 1.43. The maximum absolute atomic E-state index is 17.4. The van der Waals surface area contributed by atoms with Crippen LogP contribution in [-0.4, -0.2) is 36.8 Å². The van der Waals surface area contributed by atoms with E-state index in [1.807, 2.05) is 14.2 Å². The first-order chi connectivity index (χ1) is 12.6. The van der Waals surface area contributed by atoms with Crippen LogP contribution in [0.3, 0.4) is 0 Å². The molecule has 0 aromatic carbocycles. The molecule has 0 aromatic heterocycles. The van der Waals surface area contributed by atoms with Crippen LogP contribution in [0.1, 0.15) is 0 Å². The van der Waals surface area contributed by atoms with Crippen molar-refractivity contribution < 1.29 is 18.3 Å². The van der Waals surface area contributed by atoms with Gasteiger partial charge in [0.15, 0.2) is 0 Å². The summed E-state index contributed by atoms with van der Waals surface area (Å²) in [4.78, 5) is 0. The second kappa shape index (κ2) is 2.57. The van der Waals surface area contributed by atoms with Crippen LogP contribution in [0.15, 0.2) is 0 Å². The number of alkyl halides is 2. The number of ether oxygens (including phenoxy) is 2. The highest BCUT2D eigenvalue weighted by Gasteiger charge is 3.11. The van der Waals surface area contributed by atoms with Gasteiger partial charge in [-0.1, -0.05) is 0 Å². The van der Waals surface area contributed by atoms with Gasteiger partial charge in [-0.3, -0.25) is 0 Å². The van der Waals surface area contributed by atoms with Crippen LogP contribution in [-0.2, 0) is 9.47 Å². The molecule has 2 nitrogen and oxygen atoms in total. The summed E-state index contributed by atoms with van der Waals surface area (Å²) in [6.45, 7) is 0. The highest BCUT2D eigenvalue weighted by atomic mass is 19.1. The van der Waals surface area contributed by atoms with Gasteiger partial charge in [0, 0.05) is 37.9 Å². The van der Waals surface area contributed by atoms with Crippen molar-refractivity contribution in [2.45, 2.75) is 22.5 Å². The summed E-state index contributed by atoms with van der Waals surface area (Å²) >= 11 is 0. The molecule has 0 amide bonds. The molecule has 26 heavy (non-hydrogen) atoms. The van der Waals surface area contributed by atoms with Crippen molar-refractivity contribution in [3.8, 4) is 0 Å². The van der Waals surface area contributed by atoms with Crippen molar-refractivity contribution in [2.75, 3.05) is 14.2 Å². The summed E-state index contributed by atoms with van der Waals surface area (Å²) in [6, 6.07) is 0. The number of halogens is 2. The lowest BCUT2D eigenvalue weighted by atomic mass is 9.70. The van der Waals surface area contributed by atoms with E-state index >= 15 is 8.78 Å². The summed E-state index contributed by atoms with van der Waals surface area (Å²) in [5.41, 5.74) is -3.22. The fourth-order valence-corrected chi connectivity index (χ4v) is 16.0. The first kappa shape index (κ1) is 12.4. The number of hydrogen-bond acceptors (Lipinski definition) is 2. The van der Waals surface area contributed by atoms with Crippen LogP contribution >= 0.6 is 0 Å². The Bertz CT molecular complexity index is 805. The van der Waals surface area contributed by atoms with Crippen LogP contribution in [0.25, 0.3) is 0 Å². The third-order valence-corrected chi connectivity index (χ3v) is 14.2. The fraction of sp³-hybridized carbons (Fsp3) is 1.00. The van der Waals surface area contributed by atoms with Crippen molar-refractivity contribution in [3.05, 3.63) is 0 Å². The molecule has 136 valence electrons. The molecule has 0 spiro atoms. The van der Waals surface area contributed by atoms with E-state index in [4.69, 9.17) is 9.47 Å². The summed E-state index contributed by atoms with van der Waals surface area (Å²) in [7, 11) is 3.65. The van der Waals surface area contributed by atoms with E-state index in [0.29, 0.717) is 71.0 Å². The Labute approximate surface area is 150 Å². The molecule has 4 heteroatoms. The van der Waals surface area contributed by atoms with Crippen molar-refractivity contribution in [1.82, 2.24) is 0 Å². The number of hydrogen-bond donors (Lipinski definition) is 0. The van der Waals surface area contributed by atoms with Gasteiger partial charge in [-0.15, -0.1) is 0 Å². The molecule has 12 fully saturated rings. The molecule has 20 atom stereocenters. The first-order valence-corrected chi connectivity index (χ1v) is 11.1. The van der Waals surface area contributed by atoms with Gasteiger partial charge in [0.1, 0.15) is 22.5 Å². The predicted octanol–water partition coefficient (Wildman–Crippen LogP) is 2.18. The molecule has 0 heterocycles. The zero-order chi connectivity index (χ0) is 16.7.